The minimum Gasteiger partial charge on any atom is -0.409 e. The zero-order chi connectivity index (χ0) is 18.5. The lowest BCUT2D eigenvalue weighted by Gasteiger charge is -2.08. The van der Waals surface area contributed by atoms with Gasteiger partial charge in [-0.2, -0.15) is 0 Å². The first-order chi connectivity index (χ1) is 12.6. The number of rotatable bonds is 4. The van der Waals surface area contributed by atoms with Crippen LogP contribution in [0.5, 0.6) is 0 Å². The summed E-state index contributed by atoms with van der Waals surface area (Å²) in [5.41, 5.74) is 0.308. The molecule has 0 saturated carbocycles. The minimum absolute atomic E-state index is 0.0810. The zero-order valence-corrected chi connectivity index (χ0v) is 14.3. The number of nitrogens with one attached hydrogen (secondary N) is 4. The second-order valence-corrected chi connectivity index (χ2v) is 5.54. The highest BCUT2D eigenvalue weighted by molar-refractivity contribution is 9.10. The van der Waals surface area contributed by atoms with Gasteiger partial charge in [-0.25, -0.2) is 18.8 Å². The average Bonchev–Trinajstić information content (AvgIpc) is 3.28. The van der Waals surface area contributed by atoms with Crippen molar-refractivity contribution in [3.8, 4) is 0 Å². The van der Waals surface area contributed by atoms with Crippen LogP contribution in [0.2, 0.25) is 0 Å². The molecule has 11 nitrogen and oxygen atoms in total. The lowest BCUT2D eigenvalue weighted by Crippen LogP contribution is -2.23. The van der Waals surface area contributed by atoms with Crippen LogP contribution in [0.15, 0.2) is 44.9 Å². The number of carbonyl (C=O) groups is 1. The molecule has 2 aromatic heterocycles. The summed E-state index contributed by atoms with van der Waals surface area (Å²) in [6, 6.07) is 3.36. The number of nitrogens with zero attached hydrogens (tertiary/aromatic N) is 4. The molecular formula is C13H10BrFN8O3. The van der Waals surface area contributed by atoms with E-state index in [1.54, 1.807) is 0 Å². The van der Waals surface area contributed by atoms with Crippen molar-refractivity contribution in [2.45, 2.75) is 0 Å². The molecule has 0 aliphatic heterocycles. The van der Waals surface area contributed by atoms with Gasteiger partial charge in [-0.1, -0.05) is 5.16 Å². The highest BCUT2D eigenvalue weighted by Gasteiger charge is 2.20. The number of H-pyrrole nitrogens is 1. The van der Waals surface area contributed by atoms with E-state index in [2.05, 4.69) is 61.9 Å². The highest BCUT2D eigenvalue weighted by atomic mass is 79.9. The average molecular weight is 425 g/mol. The van der Waals surface area contributed by atoms with Crippen molar-refractivity contribution in [1.82, 2.24) is 20.3 Å². The van der Waals surface area contributed by atoms with Gasteiger partial charge in [0.25, 0.3) is 0 Å². The number of imidazole rings is 1. The summed E-state index contributed by atoms with van der Waals surface area (Å²) in [5.74, 6) is -0.544. The molecule has 0 radical (unpaired) electrons. The van der Waals surface area contributed by atoms with Gasteiger partial charge in [0, 0.05) is 18.1 Å². The maximum Gasteiger partial charge on any atom is 0.327 e. The van der Waals surface area contributed by atoms with E-state index in [1.165, 1.54) is 30.6 Å². The third-order valence-corrected chi connectivity index (χ3v) is 3.56. The Balaban J connectivity index is 1.74. The number of carbonyl (C=O) groups excluding carboxylic acids is 1. The van der Waals surface area contributed by atoms with E-state index in [1.807, 2.05) is 0 Å². The molecule has 5 N–H and O–H groups in total. The lowest BCUT2D eigenvalue weighted by molar-refractivity contribution is 0.261. The Morgan fingerprint density at radius 2 is 2.15 bits per heavy atom. The van der Waals surface area contributed by atoms with Crippen molar-refractivity contribution in [2.24, 2.45) is 5.16 Å². The fraction of sp³-hybridized carbons (Fsp3) is 0. The zero-order valence-electron chi connectivity index (χ0n) is 12.7. The van der Waals surface area contributed by atoms with Crippen LogP contribution in [0.3, 0.4) is 0 Å². The van der Waals surface area contributed by atoms with Gasteiger partial charge in [-0.05, 0) is 44.4 Å². The van der Waals surface area contributed by atoms with E-state index >= 15 is 0 Å². The molecular weight excluding hydrogens is 415 g/mol. The number of anilines is 3. The van der Waals surface area contributed by atoms with Crippen LogP contribution in [0.25, 0.3) is 0 Å². The topological polar surface area (TPSA) is 153 Å². The molecule has 0 fully saturated rings. The second kappa shape index (κ2) is 7.60. The van der Waals surface area contributed by atoms with Gasteiger partial charge in [-0.3, -0.25) is 10.6 Å². The molecule has 0 aliphatic rings. The predicted octanol–water partition coefficient (Wildman–Crippen LogP) is 2.59. The van der Waals surface area contributed by atoms with Crippen molar-refractivity contribution in [3.63, 3.8) is 0 Å². The summed E-state index contributed by atoms with van der Waals surface area (Å²) in [6.45, 7) is 0. The minimum atomic E-state index is -0.682. The Hall–Kier alpha value is -3.48. The van der Waals surface area contributed by atoms with Crippen LogP contribution in [0.4, 0.5) is 26.6 Å². The number of halogens is 2. The van der Waals surface area contributed by atoms with Gasteiger partial charge in [-0.15, -0.1) is 0 Å². The van der Waals surface area contributed by atoms with E-state index in [-0.39, 0.29) is 27.8 Å². The quantitative estimate of drug-likeness (QED) is 0.186. The standard InChI is InChI=1S/C13H10BrFN8O3/c14-7-5-6(1-2-8(7)15)18-10(21-25)9-11(23-26-22-9)19-13(24)20-12-16-3-4-17-12/h1-5,25H,(H,18,21)(H3,16,17,19,20,23,24). The maximum atomic E-state index is 13.3. The number of amides is 2. The van der Waals surface area contributed by atoms with Crippen LogP contribution in [0.1, 0.15) is 5.69 Å². The smallest absolute Gasteiger partial charge is 0.327 e. The van der Waals surface area contributed by atoms with E-state index < -0.39 is 11.8 Å². The molecule has 0 aliphatic carbocycles. The summed E-state index contributed by atoms with van der Waals surface area (Å²) >= 11 is 3.04. The summed E-state index contributed by atoms with van der Waals surface area (Å²) < 4.78 is 18.1. The molecule has 134 valence electrons. The van der Waals surface area contributed by atoms with Crippen LogP contribution >= 0.6 is 15.9 Å². The molecule has 0 unspecified atom stereocenters. The van der Waals surface area contributed by atoms with E-state index in [0.717, 1.165) is 0 Å². The Bertz CT molecular complexity index is 943. The van der Waals surface area contributed by atoms with Gasteiger partial charge in [0.05, 0.1) is 4.47 Å². The van der Waals surface area contributed by atoms with Gasteiger partial charge >= 0.3 is 6.03 Å². The van der Waals surface area contributed by atoms with Crippen LogP contribution in [-0.2, 0) is 0 Å². The molecule has 0 bridgehead atoms. The van der Waals surface area contributed by atoms with E-state index in [4.69, 9.17) is 0 Å². The fourth-order valence-corrected chi connectivity index (χ4v) is 2.23. The first kappa shape index (κ1) is 17.3. The molecule has 3 aromatic rings. The summed E-state index contributed by atoms with van der Waals surface area (Å²) in [5, 5.41) is 26.9. The lowest BCUT2D eigenvalue weighted by atomic mass is 10.3. The molecule has 0 saturated heterocycles. The van der Waals surface area contributed by atoms with Crippen molar-refractivity contribution in [1.29, 1.82) is 0 Å². The van der Waals surface area contributed by atoms with E-state index in [9.17, 15) is 14.4 Å². The molecule has 2 amide bonds. The van der Waals surface area contributed by atoms with Crippen molar-refractivity contribution in [3.05, 3.63) is 46.6 Å². The van der Waals surface area contributed by atoms with Gasteiger partial charge in [0.1, 0.15) is 5.82 Å². The fourth-order valence-electron chi connectivity index (χ4n) is 1.85. The second-order valence-electron chi connectivity index (χ2n) is 4.68. The van der Waals surface area contributed by atoms with Crippen LogP contribution in [0, 0.1) is 5.82 Å². The normalized spacial score (nSPS) is 11.2. The van der Waals surface area contributed by atoms with Gasteiger partial charge in [0.15, 0.2) is 5.69 Å². The Labute approximate surface area is 152 Å². The number of aromatic nitrogens is 4. The number of urea groups is 1. The number of benzene rings is 1. The molecule has 0 spiro atoms. The molecule has 1 aromatic carbocycles. The molecule has 3 rings (SSSR count). The Morgan fingerprint density at radius 1 is 1.31 bits per heavy atom. The number of oxime groups is 1. The summed E-state index contributed by atoms with van der Waals surface area (Å²) in [4.78, 5) is 18.4. The first-order valence-electron chi connectivity index (χ1n) is 6.91. The number of hydrogen-bond acceptors (Lipinski definition) is 7. The third-order valence-electron chi connectivity index (χ3n) is 2.96. The number of hydrogen-bond donors (Lipinski definition) is 5. The Kier molecular flexibility index (Phi) is 5.07. The maximum absolute atomic E-state index is 13.3. The number of amidine groups is 1. The monoisotopic (exact) mass is 424 g/mol. The summed E-state index contributed by atoms with van der Waals surface area (Å²) in [7, 11) is 0. The SMILES string of the molecule is O=C(Nc1ncc[nH]1)Nc1nonc1/C(=N/O)Nc1ccc(F)c(Br)c1. The van der Waals surface area contributed by atoms with Crippen LogP contribution in [-0.4, -0.2) is 37.4 Å². The molecule has 13 heteroatoms. The molecule has 26 heavy (non-hydrogen) atoms. The molecule has 0 atom stereocenters. The highest BCUT2D eigenvalue weighted by Crippen LogP contribution is 2.21. The summed E-state index contributed by atoms with van der Waals surface area (Å²) in [6.07, 6.45) is 2.99. The predicted molar refractivity (Wildman–Crippen MR) is 91.6 cm³/mol. The van der Waals surface area contributed by atoms with Crippen molar-refractivity contribution in [2.75, 3.05) is 16.0 Å². The number of aromatic amines is 1. The van der Waals surface area contributed by atoms with Gasteiger partial charge in [0.2, 0.25) is 17.6 Å². The molecule has 2 heterocycles. The largest absolute Gasteiger partial charge is 0.409 e. The Morgan fingerprint density at radius 3 is 2.85 bits per heavy atom. The van der Waals surface area contributed by atoms with Crippen LogP contribution < -0.4 is 16.0 Å². The van der Waals surface area contributed by atoms with Gasteiger partial charge < -0.3 is 15.5 Å². The van der Waals surface area contributed by atoms with Crippen molar-refractivity contribution >= 4 is 45.3 Å². The van der Waals surface area contributed by atoms with E-state index in [0.29, 0.717) is 5.69 Å². The van der Waals surface area contributed by atoms with Crippen molar-refractivity contribution < 1.29 is 19.0 Å². The third kappa shape index (κ3) is 3.94. The first-order valence-corrected chi connectivity index (χ1v) is 7.70.